The summed E-state index contributed by atoms with van der Waals surface area (Å²) in [5, 5.41) is 3.73. The third-order valence-electron chi connectivity index (χ3n) is 2.89. The average molecular weight is 300 g/mol. The Morgan fingerprint density at radius 1 is 1.58 bits per heavy atom. The van der Waals surface area contributed by atoms with Crippen LogP contribution in [0.15, 0.2) is 23.1 Å². The van der Waals surface area contributed by atoms with E-state index in [1.54, 1.807) is 11.8 Å². The molecule has 1 heterocycles. The van der Waals surface area contributed by atoms with Gasteiger partial charge in [-0.3, -0.25) is 4.79 Å². The van der Waals surface area contributed by atoms with Crippen LogP contribution in [-0.4, -0.2) is 24.4 Å². The summed E-state index contributed by atoms with van der Waals surface area (Å²) < 4.78 is 5.31. The Morgan fingerprint density at radius 3 is 3.11 bits per heavy atom. The van der Waals surface area contributed by atoms with Crippen molar-refractivity contribution in [3.05, 3.63) is 28.8 Å². The van der Waals surface area contributed by atoms with E-state index in [1.165, 1.54) is 4.90 Å². The summed E-state index contributed by atoms with van der Waals surface area (Å²) in [4.78, 5) is 13.0. The summed E-state index contributed by atoms with van der Waals surface area (Å²) in [5.41, 5.74) is 1.11. The molecule has 0 radical (unpaired) electrons. The number of halogens is 1. The molecule has 0 saturated heterocycles. The van der Waals surface area contributed by atoms with Gasteiger partial charge in [0.25, 0.3) is 0 Å². The van der Waals surface area contributed by atoms with Crippen LogP contribution in [0, 0.1) is 0 Å². The van der Waals surface area contributed by atoms with Crippen molar-refractivity contribution in [3.63, 3.8) is 0 Å². The number of hydrogen-bond acceptors (Lipinski definition) is 3. The van der Waals surface area contributed by atoms with Gasteiger partial charge in [0.05, 0.1) is 12.1 Å². The van der Waals surface area contributed by atoms with E-state index in [1.807, 2.05) is 32.0 Å². The van der Waals surface area contributed by atoms with E-state index in [0.717, 1.165) is 17.7 Å². The molecule has 104 valence electrons. The van der Waals surface area contributed by atoms with Crippen molar-refractivity contribution < 1.29 is 9.53 Å². The largest absolute Gasteiger partial charge is 0.369 e. The normalized spacial score (nSPS) is 18.2. The molecule has 0 fully saturated rings. The number of carbonyl (C=O) groups excluding carboxylic acids is 1. The maximum Gasteiger partial charge on any atom is 0.246 e. The summed E-state index contributed by atoms with van der Waals surface area (Å²) in [6.45, 7) is 3.94. The first-order chi connectivity index (χ1) is 9.06. The van der Waals surface area contributed by atoms with Gasteiger partial charge in [-0.1, -0.05) is 11.6 Å². The number of amides is 1. The van der Waals surface area contributed by atoms with Crippen LogP contribution in [0.25, 0.3) is 0 Å². The zero-order valence-electron chi connectivity index (χ0n) is 11.1. The zero-order chi connectivity index (χ0) is 13.8. The number of fused-ring (bicyclic) bond motifs is 1. The first-order valence-electron chi connectivity index (χ1n) is 6.39. The lowest BCUT2D eigenvalue weighted by molar-refractivity contribution is -0.127. The van der Waals surface area contributed by atoms with Crippen molar-refractivity contribution in [1.29, 1.82) is 0 Å². The molecule has 1 aliphatic rings. The number of thioether (sulfide) groups is 1. The maximum atomic E-state index is 11.8. The summed E-state index contributed by atoms with van der Waals surface area (Å²) in [6, 6.07) is 5.89. The molecule has 0 spiro atoms. The van der Waals surface area contributed by atoms with Crippen LogP contribution in [0.1, 0.15) is 31.9 Å². The van der Waals surface area contributed by atoms with Crippen molar-refractivity contribution in [2.24, 2.45) is 0 Å². The van der Waals surface area contributed by atoms with E-state index < -0.39 is 0 Å². The SMILES string of the molecule is CC(C)OCC(=O)NC1CCSc2ccc(Cl)cc21. The highest BCUT2D eigenvalue weighted by Gasteiger charge is 2.22. The van der Waals surface area contributed by atoms with Crippen LogP contribution in [-0.2, 0) is 9.53 Å². The molecule has 5 heteroatoms. The van der Waals surface area contributed by atoms with E-state index in [-0.39, 0.29) is 24.7 Å². The molecule has 1 amide bonds. The molecule has 0 saturated carbocycles. The van der Waals surface area contributed by atoms with E-state index in [0.29, 0.717) is 5.02 Å². The van der Waals surface area contributed by atoms with Gasteiger partial charge < -0.3 is 10.1 Å². The van der Waals surface area contributed by atoms with Gasteiger partial charge in [-0.2, -0.15) is 0 Å². The fourth-order valence-electron chi connectivity index (χ4n) is 1.99. The first kappa shape index (κ1) is 14.7. The fraction of sp³-hybridized carbons (Fsp3) is 0.500. The van der Waals surface area contributed by atoms with Crippen molar-refractivity contribution in [1.82, 2.24) is 5.32 Å². The lowest BCUT2D eigenvalue weighted by atomic mass is 10.0. The van der Waals surface area contributed by atoms with Gasteiger partial charge in [-0.15, -0.1) is 11.8 Å². The van der Waals surface area contributed by atoms with Crippen LogP contribution in [0.2, 0.25) is 5.02 Å². The Hall–Kier alpha value is -0.710. The van der Waals surface area contributed by atoms with Gasteiger partial charge in [0, 0.05) is 15.7 Å². The smallest absolute Gasteiger partial charge is 0.246 e. The van der Waals surface area contributed by atoms with Crippen LogP contribution in [0.3, 0.4) is 0 Å². The zero-order valence-corrected chi connectivity index (χ0v) is 12.7. The number of hydrogen-bond donors (Lipinski definition) is 1. The second-order valence-corrected chi connectivity index (χ2v) is 6.37. The van der Waals surface area contributed by atoms with Gasteiger partial charge in [0.2, 0.25) is 5.91 Å². The summed E-state index contributed by atoms with van der Waals surface area (Å²) in [7, 11) is 0. The molecule has 19 heavy (non-hydrogen) atoms. The predicted molar refractivity (Wildman–Crippen MR) is 78.8 cm³/mol. The number of rotatable bonds is 4. The minimum atomic E-state index is -0.0727. The van der Waals surface area contributed by atoms with E-state index in [2.05, 4.69) is 5.32 Å². The van der Waals surface area contributed by atoms with Gasteiger partial charge in [0.1, 0.15) is 6.61 Å². The molecule has 0 bridgehead atoms. The average Bonchev–Trinajstić information content (AvgIpc) is 2.37. The molecular formula is C14H18ClNO2S. The van der Waals surface area contributed by atoms with Crippen LogP contribution in [0.4, 0.5) is 0 Å². The quantitative estimate of drug-likeness (QED) is 0.926. The third kappa shape index (κ3) is 4.13. The van der Waals surface area contributed by atoms with Gasteiger partial charge in [-0.25, -0.2) is 0 Å². The monoisotopic (exact) mass is 299 g/mol. The molecule has 0 aliphatic carbocycles. The van der Waals surface area contributed by atoms with Gasteiger partial charge in [-0.05, 0) is 44.0 Å². The van der Waals surface area contributed by atoms with Crippen molar-refractivity contribution in [2.45, 2.75) is 37.3 Å². The summed E-state index contributed by atoms with van der Waals surface area (Å²) in [6.07, 6.45) is 0.986. The Kier molecular flexibility index (Phi) is 5.13. The Morgan fingerprint density at radius 2 is 2.37 bits per heavy atom. The number of nitrogens with one attached hydrogen (secondary N) is 1. The van der Waals surface area contributed by atoms with Gasteiger partial charge in [0.15, 0.2) is 0 Å². The summed E-state index contributed by atoms with van der Waals surface area (Å²) in [5.74, 6) is 0.932. The number of ether oxygens (including phenoxy) is 1. The first-order valence-corrected chi connectivity index (χ1v) is 7.76. The molecule has 1 N–H and O–H groups in total. The van der Waals surface area contributed by atoms with Crippen LogP contribution >= 0.6 is 23.4 Å². The Labute approximate surface area is 123 Å². The molecule has 1 aliphatic heterocycles. The lowest BCUT2D eigenvalue weighted by Crippen LogP contribution is -2.34. The van der Waals surface area contributed by atoms with E-state index in [9.17, 15) is 4.79 Å². The summed E-state index contributed by atoms with van der Waals surface area (Å²) >= 11 is 7.84. The molecule has 1 aromatic carbocycles. The van der Waals surface area contributed by atoms with E-state index in [4.69, 9.17) is 16.3 Å². The lowest BCUT2D eigenvalue weighted by Gasteiger charge is -2.26. The van der Waals surface area contributed by atoms with Crippen molar-refractivity contribution in [2.75, 3.05) is 12.4 Å². The third-order valence-corrected chi connectivity index (χ3v) is 4.25. The molecule has 1 atom stereocenters. The van der Waals surface area contributed by atoms with Crippen LogP contribution < -0.4 is 5.32 Å². The Bertz CT molecular complexity index is 465. The van der Waals surface area contributed by atoms with Crippen molar-refractivity contribution >= 4 is 29.3 Å². The molecule has 1 unspecified atom stereocenters. The van der Waals surface area contributed by atoms with Crippen LogP contribution in [0.5, 0.6) is 0 Å². The molecular weight excluding hydrogens is 282 g/mol. The van der Waals surface area contributed by atoms with E-state index >= 15 is 0 Å². The predicted octanol–water partition coefficient (Wildman–Crippen LogP) is 3.42. The highest BCUT2D eigenvalue weighted by atomic mass is 35.5. The Balaban J connectivity index is 2.03. The second kappa shape index (κ2) is 6.64. The topological polar surface area (TPSA) is 38.3 Å². The highest BCUT2D eigenvalue weighted by molar-refractivity contribution is 7.99. The molecule has 0 aromatic heterocycles. The minimum absolute atomic E-state index is 0.0400. The number of benzene rings is 1. The second-order valence-electron chi connectivity index (χ2n) is 4.80. The van der Waals surface area contributed by atoms with Crippen molar-refractivity contribution in [3.8, 4) is 0 Å². The number of carbonyl (C=O) groups is 1. The molecule has 1 aromatic rings. The van der Waals surface area contributed by atoms with Gasteiger partial charge >= 0.3 is 0 Å². The molecule has 3 nitrogen and oxygen atoms in total. The standard InChI is InChI=1S/C14H18ClNO2S/c1-9(2)18-8-14(17)16-12-5-6-19-13-4-3-10(15)7-11(12)13/h3-4,7,9,12H,5-6,8H2,1-2H3,(H,16,17). The maximum absolute atomic E-state index is 11.8. The highest BCUT2D eigenvalue weighted by Crippen LogP contribution is 2.37. The fourth-order valence-corrected chi connectivity index (χ4v) is 3.28. The molecule has 2 rings (SSSR count). The minimum Gasteiger partial charge on any atom is -0.369 e.